The summed E-state index contributed by atoms with van der Waals surface area (Å²) in [4.78, 5) is 57.7. The van der Waals surface area contributed by atoms with Crippen molar-refractivity contribution in [3.05, 3.63) is 39.6 Å². The molecular weight excluding hydrogens is 408 g/mol. The van der Waals surface area contributed by atoms with Crippen LogP contribution in [0.25, 0.3) is 6.08 Å². The Morgan fingerprint density at radius 1 is 1.00 bits per heavy atom. The van der Waals surface area contributed by atoms with E-state index in [0.29, 0.717) is 17.3 Å². The fourth-order valence-corrected chi connectivity index (χ4v) is 3.53. The van der Waals surface area contributed by atoms with Gasteiger partial charge in [-0.05, 0) is 54.2 Å². The molecule has 0 bridgehead atoms. The molecule has 2 N–H and O–H groups in total. The highest BCUT2D eigenvalue weighted by Crippen LogP contribution is 2.32. The van der Waals surface area contributed by atoms with Crippen LogP contribution < -0.4 is 20.1 Å². The molecule has 28 heavy (non-hydrogen) atoms. The van der Waals surface area contributed by atoms with E-state index in [4.69, 9.17) is 9.47 Å². The molecule has 2 aliphatic rings. The number of carbonyl (C=O) groups excluding carboxylic acids is 5. The summed E-state index contributed by atoms with van der Waals surface area (Å²) < 4.78 is 10.7. The van der Waals surface area contributed by atoms with E-state index < -0.39 is 28.3 Å². The average molecular weight is 420 g/mol. The molecule has 4 amide bonds. The molecule has 2 heterocycles. The standard InChI is InChI=1S/C17H12N2O7S2/c1-2-25-10-5-8(6-11-14(21)18-16(23)27-11)3-4-9(10)26-13(20)7-12-15(22)19-17(24)28-12/h3-7H,2H2,1H3,(H,18,21,23)(H,19,22,24)/b11-6-,12-7+. The molecule has 0 atom stereocenters. The predicted octanol–water partition coefficient (Wildman–Crippen LogP) is 2.18. The lowest BCUT2D eigenvalue weighted by atomic mass is 10.2. The van der Waals surface area contributed by atoms with E-state index in [9.17, 15) is 24.0 Å². The van der Waals surface area contributed by atoms with Gasteiger partial charge in [-0.3, -0.25) is 29.8 Å². The molecule has 0 spiro atoms. The first-order chi connectivity index (χ1) is 13.4. The van der Waals surface area contributed by atoms with Crippen molar-refractivity contribution >= 4 is 57.9 Å². The zero-order valence-corrected chi connectivity index (χ0v) is 15.9. The lowest BCUT2D eigenvalue weighted by Crippen LogP contribution is -2.18. The topological polar surface area (TPSA) is 128 Å². The zero-order chi connectivity index (χ0) is 20.3. The van der Waals surface area contributed by atoms with Crippen molar-refractivity contribution in [2.75, 3.05) is 6.61 Å². The van der Waals surface area contributed by atoms with Crippen LogP contribution in [0.4, 0.5) is 9.59 Å². The van der Waals surface area contributed by atoms with E-state index in [1.807, 2.05) is 5.32 Å². The summed E-state index contributed by atoms with van der Waals surface area (Å²) >= 11 is 1.38. The first kappa shape index (κ1) is 19.7. The Morgan fingerprint density at radius 2 is 1.64 bits per heavy atom. The summed E-state index contributed by atoms with van der Waals surface area (Å²) in [5.41, 5.74) is 0.560. The van der Waals surface area contributed by atoms with Gasteiger partial charge in [-0.15, -0.1) is 0 Å². The summed E-state index contributed by atoms with van der Waals surface area (Å²) in [5, 5.41) is 3.17. The second-order valence-corrected chi connectivity index (χ2v) is 7.29. The third kappa shape index (κ3) is 4.61. The van der Waals surface area contributed by atoms with Crippen molar-refractivity contribution < 1.29 is 33.4 Å². The van der Waals surface area contributed by atoms with E-state index in [2.05, 4.69) is 5.32 Å². The molecule has 1 aromatic carbocycles. The number of thioether (sulfide) groups is 2. The van der Waals surface area contributed by atoms with Gasteiger partial charge in [0.05, 0.1) is 16.4 Å². The van der Waals surface area contributed by atoms with Gasteiger partial charge in [0.2, 0.25) is 0 Å². The van der Waals surface area contributed by atoms with Gasteiger partial charge in [-0.2, -0.15) is 0 Å². The maximum absolute atomic E-state index is 12.1. The fraction of sp³-hybridized carbons (Fsp3) is 0.118. The Balaban J connectivity index is 1.80. The van der Waals surface area contributed by atoms with Gasteiger partial charge in [0.1, 0.15) is 0 Å². The number of hydrogen-bond donors (Lipinski definition) is 2. The highest BCUT2D eigenvalue weighted by atomic mass is 32.2. The monoisotopic (exact) mass is 420 g/mol. The predicted molar refractivity (Wildman–Crippen MR) is 102 cm³/mol. The van der Waals surface area contributed by atoms with Crippen LogP contribution in [-0.2, 0) is 14.4 Å². The molecule has 2 aliphatic heterocycles. The maximum atomic E-state index is 12.1. The Morgan fingerprint density at radius 3 is 2.21 bits per heavy atom. The van der Waals surface area contributed by atoms with Crippen molar-refractivity contribution in [1.29, 1.82) is 0 Å². The van der Waals surface area contributed by atoms with Gasteiger partial charge < -0.3 is 9.47 Å². The largest absolute Gasteiger partial charge is 0.490 e. The molecule has 9 nitrogen and oxygen atoms in total. The molecule has 0 saturated carbocycles. The van der Waals surface area contributed by atoms with Gasteiger partial charge in [0.15, 0.2) is 11.5 Å². The minimum atomic E-state index is -0.851. The second kappa shape index (κ2) is 8.31. The van der Waals surface area contributed by atoms with Crippen LogP contribution in [-0.4, -0.2) is 34.9 Å². The quantitative estimate of drug-likeness (QED) is 0.418. The Labute approximate surface area is 166 Å². The van der Waals surface area contributed by atoms with E-state index in [-0.39, 0.29) is 27.9 Å². The third-order valence-electron chi connectivity index (χ3n) is 3.31. The second-order valence-electron chi connectivity index (χ2n) is 5.26. The van der Waals surface area contributed by atoms with Crippen LogP contribution in [0.5, 0.6) is 11.5 Å². The van der Waals surface area contributed by atoms with Crippen molar-refractivity contribution in [2.45, 2.75) is 6.92 Å². The fourth-order valence-electron chi connectivity index (χ4n) is 2.21. The third-order valence-corrected chi connectivity index (χ3v) is 4.93. The highest BCUT2D eigenvalue weighted by Gasteiger charge is 2.27. The Kier molecular flexibility index (Phi) is 5.85. The molecule has 0 aliphatic carbocycles. The van der Waals surface area contributed by atoms with Crippen molar-refractivity contribution in [2.24, 2.45) is 0 Å². The van der Waals surface area contributed by atoms with Crippen molar-refractivity contribution in [1.82, 2.24) is 10.6 Å². The molecule has 0 unspecified atom stereocenters. The molecule has 3 rings (SSSR count). The van der Waals surface area contributed by atoms with Crippen LogP contribution in [0.1, 0.15) is 12.5 Å². The summed E-state index contributed by atoms with van der Waals surface area (Å²) in [6.45, 7) is 2.02. The van der Waals surface area contributed by atoms with Crippen molar-refractivity contribution in [3.63, 3.8) is 0 Å². The maximum Gasteiger partial charge on any atom is 0.337 e. The molecule has 2 saturated heterocycles. The Hall–Kier alpha value is -3.05. The minimum Gasteiger partial charge on any atom is -0.490 e. The van der Waals surface area contributed by atoms with Crippen molar-refractivity contribution in [3.8, 4) is 11.5 Å². The number of nitrogens with one attached hydrogen (secondary N) is 2. The molecule has 11 heteroatoms. The summed E-state index contributed by atoms with van der Waals surface area (Å²) in [5.74, 6) is -1.67. The molecule has 0 aromatic heterocycles. The zero-order valence-electron chi connectivity index (χ0n) is 14.3. The van der Waals surface area contributed by atoms with E-state index >= 15 is 0 Å². The summed E-state index contributed by atoms with van der Waals surface area (Å²) in [7, 11) is 0. The molecule has 2 fully saturated rings. The van der Waals surface area contributed by atoms with Crippen LogP contribution in [0.15, 0.2) is 34.1 Å². The van der Waals surface area contributed by atoms with Crippen LogP contribution in [0.3, 0.4) is 0 Å². The molecule has 0 radical (unpaired) electrons. The number of imide groups is 2. The van der Waals surface area contributed by atoms with E-state index in [0.717, 1.165) is 17.8 Å². The number of ether oxygens (including phenoxy) is 2. The smallest absolute Gasteiger partial charge is 0.337 e. The van der Waals surface area contributed by atoms with Crippen LogP contribution in [0, 0.1) is 0 Å². The molecular formula is C17H12N2O7S2. The minimum absolute atomic E-state index is 0.0664. The van der Waals surface area contributed by atoms with E-state index in [1.54, 1.807) is 19.1 Å². The number of esters is 1. The number of benzene rings is 1. The lowest BCUT2D eigenvalue weighted by molar-refractivity contribution is -0.129. The van der Waals surface area contributed by atoms with Crippen LogP contribution >= 0.6 is 23.5 Å². The number of amides is 4. The van der Waals surface area contributed by atoms with Gasteiger partial charge in [-0.1, -0.05) is 6.07 Å². The van der Waals surface area contributed by atoms with Crippen LogP contribution in [0.2, 0.25) is 0 Å². The molecule has 144 valence electrons. The number of carbonyl (C=O) groups is 5. The normalized spacial score (nSPS) is 19.2. The van der Waals surface area contributed by atoms with Gasteiger partial charge >= 0.3 is 5.97 Å². The summed E-state index contributed by atoms with van der Waals surface area (Å²) in [6, 6.07) is 4.58. The summed E-state index contributed by atoms with van der Waals surface area (Å²) in [6.07, 6.45) is 2.42. The SMILES string of the molecule is CCOc1cc(/C=C2\SC(=O)NC2=O)ccc1OC(=O)/C=C1/SC(=O)NC1=O. The lowest BCUT2D eigenvalue weighted by Gasteiger charge is -2.10. The first-order valence-electron chi connectivity index (χ1n) is 7.84. The van der Waals surface area contributed by atoms with E-state index in [1.165, 1.54) is 12.1 Å². The Bertz CT molecular complexity index is 968. The first-order valence-corrected chi connectivity index (χ1v) is 9.47. The number of hydrogen-bond acceptors (Lipinski definition) is 9. The highest BCUT2D eigenvalue weighted by molar-refractivity contribution is 8.18. The van der Waals surface area contributed by atoms with Gasteiger partial charge in [-0.25, -0.2) is 4.79 Å². The average Bonchev–Trinajstić information content (AvgIpc) is 3.10. The number of rotatable bonds is 5. The van der Waals surface area contributed by atoms with Gasteiger partial charge in [0, 0.05) is 6.08 Å². The van der Waals surface area contributed by atoms with Gasteiger partial charge in [0.25, 0.3) is 22.3 Å². The molecule has 1 aromatic rings.